The van der Waals surface area contributed by atoms with Crippen molar-refractivity contribution in [3.63, 3.8) is 0 Å². The first-order valence-corrected chi connectivity index (χ1v) is 7.68. The normalized spacial score (nSPS) is 11.6. The first-order valence-electron chi connectivity index (χ1n) is 6.03. The zero-order chi connectivity index (χ0) is 12.3. The van der Waals surface area contributed by atoms with Crippen LogP contribution in [0.2, 0.25) is 0 Å². The molecule has 0 aliphatic heterocycles. The van der Waals surface area contributed by atoms with E-state index >= 15 is 0 Å². The summed E-state index contributed by atoms with van der Waals surface area (Å²) >= 11 is 0. The summed E-state index contributed by atoms with van der Waals surface area (Å²) in [4.78, 5) is 10.0. The van der Waals surface area contributed by atoms with Gasteiger partial charge < -0.3 is 4.79 Å². The van der Waals surface area contributed by atoms with Crippen LogP contribution in [0.15, 0.2) is 0 Å². The largest absolute Gasteiger partial charge is 0.303 e. The molecule has 0 aromatic carbocycles. The minimum atomic E-state index is -3.16. The Balaban J connectivity index is 3.47. The van der Waals surface area contributed by atoms with Crippen molar-refractivity contribution in [2.24, 2.45) is 0 Å². The fraction of sp³-hybridized carbons (Fsp3) is 0.909. The molecule has 0 aliphatic rings. The Morgan fingerprint density at radius 3 is 2.31 bits per heavy atom. The summed E-state index contributed by atoms with van der Waals surface area (Å²) in [5.41, 5.74) is 0. The molecule has 4 nitrogen and oxygen atoms in total. The zero-order valence-corrected chi connectivity index (χ0v) is 10.9. The maximum Gasteiger partial charge on any atom is 0.211 e. The molecule has 0 bridgehead atoms. The number of unbranched alkanes of at least 4 members (excludes halogenated alkanes) is 5. The molecule has 0 heterocycles. The van der Waals surface area contributed by atoms with Gasteiger partial charge in [0.2, 0.25) is 10.0 Å². The molecule has 0 aromatic heterocycles. The summed E-state index contributed by atoms with van der Waals surface area (Å²) in [6.45, 7) is 2.38. The van der Waals surface area contributed by atoms with Crippen molar-refractivity contribution in [1.82, 2.24) is 4.72 Å². The van der Waals surface area contributed by atoms with Gasteiger partial charge in [-0.25, -0.2) is 13.1 Å². The van der Waals surface area contributed by atoms with E-state index in [1.54, 1.807) is 0 Å². The van der Waals surface area contributed by atoms with Crippen LogP contribution in [-0.2, 0) is 14.8 Å². The Bertz CT molecular complexity index is 262. The van der Waals surface area contributed by atoms with Crippen molar-refractivity contribution >= 4 is 16.3 Å². The summed E-state index contributed by atoms with van der Waals surface area (Å²) in [5.74, 6) is 0.179. The second-order valence-corrected chi connectivity index (χ2v) is 5.86. The topological polar surface area (TPSA) is 63.2 Å². The van der Waals surface area contributed by atoms with Crippen molar-refractivity contribution in [2.75, 3.05) is 12.3 Å². The monoisotopic (exact) mass is 249 g/mol. The predicted octanol–water partition coefficient (Wildman–Crippen LogP) is 1.86. The van der Waals surface area contributed by atoms with Crippen LogP contribution in [0.4, 0.5) is 0 Å². The molecule has 0 aromatic rings. The number of sulfonamides is 1. The highest BCUT2D eigenvalue weighted by Gasteiger charge is 2.07. The lowest BCUT2D eigenvalue weighted by Crippen LogP contribution is -2.27. The average molecular weight is 249 g/mol. The fourth-order valence-electron chi connectivity index (χ4n) is 1.42. The van der Waals surface area contributed by atoms with E-state index in [9.17, 15) is 13.2 Å². The van der Waals surface area contributed by atoms with Gasteiger partial charge in [-0.2, -0.15) is 0 Å². The summed E-state index contributed by atoms with van der Waals surface area (Å²) in [7, 11) is -3.16. The summed E-state index contributed by atoms with van der Waals surface area (Å²) in [6, 6.07) is 0. The van der Waals surface area contributed by atoms with Gasteiger partial charge in [0, 0.05) is 13.0 Å². The van der Waals surface area contributed by atoms with Gasteiger partial charge in [0.15, 0.2) is 0 Å². The van der Waals surface area contributed by atoms with E-state index in [0.717, 1.165) is 12.8 Å². The smallest absolute Gasteiger partial charge is 0.211 e. The van der Waals surface area contributed by atoms with Gasteiger partial charge in [0.1, 0.15) is 6.29 Å². The lowest BCUT2D eigenvalue weighted by atomic mass is 10.1. The second-order valence-electron chi connectivity index (χ2n) is 3.94. The number of nitrogens with one attached hydrogen (secondary N) is 1. The molecule has 96 valence electrons. The Kier molecular flexibility index (Phi) is 9.52. The number of carbonyl (C=O) groups is 1. The molecule has 0 saturated heterocycles. The van der Waals surface area contributed by atoms with Crippen LogP contribution < -0.4 is 4.72 Å². The molecular weight excluding hydrogens is 226 g/mol. The van der Waals surface area contributed by atoms with Gasteiger partial charge in [0.25, 0.3) is 0 Å². The molecule has 0 spiro atoms. The molecule has 1 N–H and O–H groups in total. The van der Waals surface area contributed by atoms with E-state index < -0.39 is 10.0 Å². The van der Waals surface area contributed by atoms with Gasteiger partial charge >= 0.3 is 0 Å². The first kappa shape index (κ1) is 15.6. The van der Waals surface area contributed by atoms with Crippen LogP contribution in [0.5, 0.6) is 0 Å². The van der Waals surface area contributed by atoms with Crippen molar-refractivity contribution < 1.29 is 13.2 Å². The molecule has 0 unspecified atom stereocenters. The van der Waals surface area contributed by atoms with Crippen LogP contribution in [0.25, 0.3) is 0 Å². The molecule has 0 aliphatic carbocycles. The Hall–Kier alpha value is -0.420. The molecule has 0 atom stereocenters. The molecule has 0 saturated carbocycles. The fourth-order valence-corrected chi connectivity index (χ4v) is 2.58. The summed E-state index contributed by atoms with van der Waals surface area (Å²) < 4.78 is 25.1. The van der Waals surface area contributed by atoms with Gasteiger partial charge in [-0.3, -0.25) is 0 Å². The highest BCUT2D eigenvalue weighted by Crippen LogP contribution is 2.05. The lowest BCUT2D eigenvalue weighted by Gasteiger charge is -2.04. The van der Waals surface area contributed by atoms with Gasteiger partial charge in [-0.15, -0.1) is 0 Å². The molecule has 0 amide bonds. The Morgan fingerprint density at radius 2 is 1.69 bits per heavy atom. The quantitative estimate of drug-likeness (QED) is 0.449. The highest BCUT2D eigenvalue weighted by atomic mass is 32.2. The molecule has 0 rings (SSSR count). The van der Waals surface area contributed by atoms with Crippen LogP contribution >= 0.6 is 0 Å². The number of carbonyl (C=O) groups excluding carboxylic acids is 1. The molecular formula is C11H23NO3S. The summed E-state index contributed by atoms with van der Waals surface area (Å²) in [6.07, 6.45) is 7.36. The van der Waals surface area contributed by atoms with Crippen LogP contribution in [0.1, 0.15) is 51.9 Å². The van der Waals surface area contributed by atoms with Crippen LogP contribution in [0, 0.1) is 0 Å². The Morgan fingerprint density at radius 1 is 1.06 bits per heavy atom. The van der Waals surface area contributed by atoms with E-state index in [1.807, 2.05) is 0 Å². The molecule has 0 fully saturated rings. The van der Waals surface area contributed by atoms with E-state index in [0.29, 0.717) is 12.7 Å². The first-order chi connectivity index (χ1) is 7.62. The standard InChI is InChI=1S/C11H23NO3S/c1-2-3-4-5-6-7-11-16(14,15)12-9-8-10-13/h10,12H,2-9,11H2,1H3. The van der Waals surface area contributed by atoms with Crippen LogP contribution in [0.3, 0.4) is 0 Å². The predicted molar refractivity (Wildman–Crippen MR) is 65.8 cm³/mol. The third-order valence-electron chi connectivity index (χ3n) is 2.35. The third-order valence-corrected chi connectivity index (χ3v) is 3.82. The SMILES string of the molecule is CCCCCCCCS(=O)(=O)NCCC=O. The van der Waals surface area contributed by atoms with E-state index in [-0.39, 0.29) is 18.7 Å². The maximum absolute atomic E-state index is 11.4. The second kappa shape index (κ2) is 9.78. The zero-order valence-electron chi connectivity index (χ0n) is 10.1. The van der Waals surface area contributed by atoms with Crippen molar-refractivity contribution in [3.05, 3.63) is 0 Å². The van der Waals surface area contributed by atoms with Gasteiger partial charge in [0.05, 0.1) is 5.75 Å². The lowest BCUT2D eigenvalue weighted by molar-refractivity contribution is -0.107. The van der Waals surface area contributed by atoms with Crippen molar-refractivity contribution in [3.8, 4) is 0 Å². The number of aldehydes is 1. The van der Waals surface area contributed by atoms with E-state index in [4.69, 9.17) is 0 Å². The van der Waals surface area contributed by atoms with Crippen LogP contribution in [-0.4, -0.2) is 27.0 Å². The molecule has 5 heteroatoms. The maximum atomic E-state index is 11.4. The van der Waals surface area contributed by atoms with Gasteiger partial charge in [-0.05, 0) is 6.42 Å². The van der Waals surface area contributed by atoms with Crippen molar-refractivity contribution in [2.45, 2.75) is 51.9 Å². The third kappa shape index (κ3) is 10.1. The Labute approximate surface area is 98.9 Å². The van der Waals surface area contributed by atoms with E-state index in [1.165, 1.54) is 19.3 Å². The number of rotatable bonds is 11. The minimum absolute atomic E-state index is 0.179. The molecule has 16 heavy (non-hydrogen) atoms. The van der Waals surface area contributed by atoms with Crippen molar-refractivity contribution in [1.29, 1.82) is 0 Å². The number of hydrogen-bond acceptors (Lipinski definition) is 3. The number of hydrogen-bond donors (Lipinski definition) is 1. The summed E-state index contributed by atoms with van der Waals surface area (Å²) in [5, 5.41) is 0. The van der Waals surface area contributed by atoms with E-state index in [2.05, 4.69) is 11.6 Å². The minimum Gasteiger partial charge on any atom is -0.303 e. The van der Waals surface area contributed by atoms with Gasteiger partial charge in [-0.1, -0.05) is 39.0 Å². The molecule has 0 radical (unpaired) electrons. The average Bonchev–Trinajstić information content (AvgIpc) is 2.23. The highest BCUT2D eigenvalue weighted by molar-refractivity contribution is 7.89.